The van der Waals surface area contributed by atoms with Crippen LogP contribution in [0.5, 0.6) is 11.5 Å². The van der Waals surface area contributed by atoms with Gasteiger partial charge in [-0.05, 0) is 31.7 Å². The van der Waals surface area contributed by atoms with E-state index in [0.29, 0.717) is 11.5 Å². The van der Waals surface area contributed by atoms with Crippen LogP contribution in [0.1, 0.15) is 25.5 Å². The fourth-order valence-electron chi connectivity index (χ4n) is 2.01. The molecule has 2 aromatic carbocycles. The first-order valence-electron chi connectivity index (χ1n) is 6.57. The van der Waals surface area contributed by atoms with Crippen molar-refractivity contribution in [2.24, 2.45) is 0 Å². The van der Waals surface area contributed by atoms with Gasteiger partial charge in [-0.15, -0.1) is 0 Å². The summed E-state index contributed by atoms with van der Waals surface area (Å²) in [5.41, 5.74) is 1.03. The van der Waals surface area contributed by atoms with Gasteiger partial charge in [-0.1, -0.05) is 36.7 Å². The highest BCUT2D eigenvalue weighted by Gasteiger charge is 2.11. The van der Waals surface area contributed by atoms with E-state index in [0.717, 1.165) is 12.1 Å². The second-order valence-electron chi connectivity index (χ2n) is 4.50. The normalized spacial score (nSPS) is 12.2. The van der Waals surface area contributed by atoms with Crippen molar-refractivity contribution in [3.8, 4) is 11.5 Å². The monoisotopic (exact) mass is 293 g/mol. The molecule has 1 N–H and O–H groups in total. The van der Waals surface area contributed by atoms with E-state index in [2.05, 4.69) is 19.2 Å². The van der Waals surface area contributed by atoms with Crippen LogP contribution in [0, 0.1) is 5.82 Å². The van der Waals surface area contributed by atoms with Crippen LogP contribution < -0.4 is 10.1 Å². The first kappa shape index (κ1) is 14.8. The third-order valence-corrected chi connectivity index (χ3v) is 3.32. The molecular weight excluding hydrogens is 277 g/mol. The van der Waals surface area contributed by atoms with E-state index in [-0.39, 0.29) is 11.1 Å². The molecule has 0 fully saturated rings. The molecule has 0 saturated heterocycles. The molecule has 0 aliphatic rings. The van der Waals surface area contributed by atoms with Crippen molar-refractivity contribution in [1.29, 1.82) is 0 Å². The maximum absolute atomic E-state index is 13.4. The van der Waals surface area contributed by atoms with Crippen LogP contribution in [0.15, 0.2) is 42.5 Å². The molecule has 0 aliphatic carbocycles. The quantitative estimate of drug-likeness (QED) is 0.843. The molecule has 2 rings (SSSR count). The summed E-state index contributed by atoms with van der Waals surface area (Å²) in [6.45, 7) is 4.98. The van der Waals surface area contributed by atoms with Gasteiger partial charge in [0, 0.05) is 17.7 Å². The van der Waals surface area contributed by atoms with E-state index in [9.17, 15) is 4.39 Å². The summed E-state index contributed by atoms with van der Waals surface area (Å²) < 4.78 is 19.2. The Balaban J connectivity index is 2.26. The highest BCUT2D eigenvalue weighted by atomic mass is 35.5. The molecule has 0 bridgehead atoms. The molecule has 1 atom stereocenters. The molecule has 0 radical (unpaired) electrons. The summed E-state index contributed by atoms with van der Waals surface area (Å²) in [5, 5.41) is 3.42. The predicted molar refractivity (Wildman–Crippen MR) is 80.0 cm³/mol. The van der Waals surface area contributed by atoms with Crippen LogP contribution in [0.4, 0.5) is 4.39 Å². The zero-order chi connectivity index (χ0) is 14.5. The standard InChI is InChI=1S/C16H17ClFNO/c1-3-19-11(2)13-6-4-5-7-16(13)20-12-8-9-14(17)15(18)10-12/h4-11,19H,3H2,1-2H3. The summed E-state index contributed by atoms with van der Waals surface area (Å²) in [7, 11) is 0. The first-order valence-corrected chi connectivity index (χ1v) is 6.94. The molecule has 20 heavy (non-hydrogen) atoms. The largest absolute Gasteiger partial charge is 0.457 e. The van der Waals surface area contributed by atoms with Gasteiger partial charge in [0.05, 0.1) is 5.02 Å². The second kappa shape index (κ2) is 6.73. The Bertz CT molecular complexity index is 588. The van der Waals surface area contributed by atoms with Crippen molar-refractivity contribution in [3.05, 3.63) is 58.9 Å². The lowest BCUT2D eigenvalue weighted by molar-refractivity contribution is 0.459. The molecule has 0 spiro atoms. The van der Waals surface area contributed by atoms with Crippen molar-refractivity contribution >= 4 is 11.6 Å². The van der Waals surface area contributed by atoms with Gasteiger partial charge in [0.2, 0.25) is 0 Å². The van der Waals surface area contributed by atoms with Crippen LogP contribution in [0.3, 0.4) is 0 Å². The molecule has 0 heterocycles. The summed E-state index contributed by atoms with van der Waals surface area (Å²) in [6, 6.07) is 12.3. The maximum atomic E-state index is 13.4. The van der Waals surface area contributed by atoms with Gasteiger partial charge < -0.3 is 10.1 Å². The lowest BCUT2D eigenvalue weighted by Gasteiger charge is -2.17. The second-order valence-corrected chi connectivity index (χ2v) is 4.90. The lowest BCUT2D eigenvalue weighted by Crippen LogP contribution is -2.18. The fourth-order valence-corrected chi connectivity index (χ4v) is 2.13. The van der Waals surface area contributed by atoms with Crippen molar-refractivity contribution in [3.63, 3.8) is 0 Å². The number of rotatable bonds is 5. The van der Waals surface area contributed by atoms with Crippen molar-refractivity contribution in [1.82, 2.24) is 5.32 Å². The minimum absolute atomic E-state index is 0.0895. The van der Waals surface area contributed by atoms with Crippen molar-refractivity contribution in [2.75, 3.05) is 6.54 Å². The summed E-state index contributed by atoms with van der Waals surface area (Å²) in [5.74, 6) is 0.659. The van der Waals surface area contributed by atoms with E-state index < -0.39 is 5.82 Å². The molecule has 106 valence electrons. The number of hydrogen-bond acceptors (Lipinski definition) is 2. The third-order valence-electron chi connectivity index (χ3n) is 3.01. The van der Waals surface area contributed by atoms with Gasteiger partial charge in [-0.3, -0.25) is 0 Å². The van der Waals surface area contributed by atoms with E-state index >= 15 is 0 Å². The van der Waals surface area contributed by atoms with Gasteiger partial charge >= 0.3 is 0 Å². The van der Waals surface area contributed by atoms with E-state index in [4.69, 9.17) is 16.3 Å². The van der Waals surface area contributed by atoms with Gasteiger partial charge in [0.25, 0.3) is 0 Å². The van der Waals surface area contributed by atoms with Crippen LogP contribution in [-0.2, 0) is 0 Å². The van der Waals surface area contributed by atoms with Gasteiger partial charge in [0.15, 0.2) is 0 Å². The van der Waals surface area contributed by atoms with E-state index in [1.807, 2.05) is 24.3 Å². The molecule has 4 heteroatoms. The average molecular weight is 294 g/mol. The average Bonchev–Trinajstić information content (AvgIpc) is 2.44. The number of benzene rings is 2. The van der Waals surface area contributed by atoms with E-state index in [1.54, 1.807) is 6.07 Å². The summed E-state index contributed by atoms with van der Waals surface area (Å²) >= 11 is 5.67. The summed E-state index contributed by atoms with van der Waals surface area (Å²) in [6.07, 6.45) is 0. The number of para-hydroxylation sites is 1. The smallest absolute Gasteiger partial charge is 0.145 e. The molecule has 0 saturated carbocycles. The van der Waals surface area contributed by atoms with Gasteiger partial charge in [-0.25, -0.2) is 4.39 Å². The van der Waals surface area contributed by atoms with Crippen LogP contribution >= 0.6 is 11.6 Å². The van der Waals surface area contributed by atoms with Crippen LogP contribution in [-0.4, -0.2) is 6.54 Å². The number of hydrogen-bond donors (Lipinski definition) is 1. The third kappa shape index (κ3) is 3.50. The molecule has 2 aromatic rings. The minimum Gasteiger partial charge on any atom is -0.457 e. The fraction of sp³-hybridized carbons (Fsp3) is 0.250. The Hall–Kier alpha value is -1.58. The number of halogens is 2. The van der Waals surface area contributed by atoms with E-state index in [1.165, 1.54) is 12.1 Å². The highest BCUT2D eigenvalue weighted by Crippen LogP contribution is 2.30. The first-order chi connectivity index (χ1) is 9.61. The highest BCUT2D eigenvalue weighted by molar-refractivity contribution is 6.30. The molecule has 0 amide bonds. The Morgan fingerprint density at radius 1 is 1.25 bits per heavy atom. The topological polar surface area (TPSA) is 21.3 Å². The molecule has 1 unspecified atom stereocenters. The van der Waals surface area contributed by atoms with Gasteiger partial charge in [0.1, 0.15) is 17.3 Å². The number of nitrogens with one attached hydrogen (secondary N) is 1. The molecule has 0 aliphatic heterocycles. The van der Waals surface area contributed by atoms with Crippen LogP contribution in [0.2, 0.25) is 5.02 Å². The molecular formula is C16H17ClFNO. The zero-order valence-electron chi connectivity index (χ0n) is 11.5. The summed E-state index contributed by atoms with van der Waals surface area (Å²) in [4.78, 5) is 0. The van der Waals surface area contributed by atoms with Gasteiger partial charge in [-0.2, -0.15) is 0 Å². The van der Waals surface area contributed by atoms with Crippen LogP contribution in [0.25, 0.3) is 0 Å². The molecule has 0 aromatic heterocycles. The van der Waals surface area contributed by atoms with Crippen molar-refractivity contribution in [2.45, 2.75) is 19.9 Å². The number of ether oxygens (including phenoxy) is 1. The zero-order valence-corrected chi connectivity index (χ0v) is 12.2. The molecule has 2 nitrogen and oxygen atoms in total. The van der Waals surface area contributed by atoms with Crippen molar-refractivity contribution < 1.29 is 9.13 Å². The lowest BCUT2D eigenvalue weighted by atomic mass is 10.1. The Morgan fingerprint density at radius 2 is 2.00 bits per heavy atom. The predicted octanol–water partition coefficient (Wildman–Crippen LogP) is 4.94. The SMILES string of the molecule is CCNC(C)c1ccccc1Oc1ccc(Cl)c(F)c1. The Morgan fingerprint density at radius 3 is 2.70 bits per heavy atom. The Kier molecular flexibility index (Phi) is 4.99. The maximum Gasteiger partial charge on any atom is 0.145 e. The Labute approximate surface area is 123 Å². The minimum atomic E-state index is -0.485.